The Morgan fingerprint density at radius 3 is 2.88 bits per heavy atom. The van der Waals surface area contributed by atoms with Crippen LogP contribution in [-0.4, -0.2) is 39.8 Å². The Balaban J connectivity index is 1.35. The molecule has 0 radical (unpaired) electrons. The third-order valence-corrected chi connectivity index (χ3v) is 6.38. The van der Waals surface area contributed by atoms with E-state index in [-0.39, 0.29) is 11.8 Å². The van der Waals surface area contributed by atoms with Crippen LogP contribution in [0, 0.1) is 0 Å². The molecule has 26 heavy (non-hydrogen) atoms. The number of hydrogen-bond donors (Lipinski definition) is 2. The standard InChI is InChI=1S/C16H15N5O2S3/c22-13(19-15-17-4-7-25-15)9-21-5-3-10-12(8-21)26-16(18-10)20-14(23)11-2-1-6-24-11/h1-2,4,6-7H,3,5,8-9H2,(H,17,19,22)(H,18,20,23). The summed E-state index contributed by atoms with van der Waals surface area (Å²) >= 11 is 4.28. The average molecular weight is 406 g/mol. The molecule has 134 valence electrons. The van der Waals surface area contributed by atoms with Crippen molar-refractivity contribution in [3.63, 3.8) is 0 Å². The molecule has 10 heteroatoms. The predicted octanol–water partition coefficient (Wildman–Crippen LogP) is 2.91. The third kappa shape index (κ3) is 3.98. The van der Waals surface area contributed by atoms with Crippen LogP contribution in [0.5, 0.6) is 0 Å². The lowest BCUT2D eigenvalue weighted by atomic mass is 10.2. The molecule has 0 bridgehead atoms. The number of anilines is 2. The summed E-state index contributed by atoms with van der Waals surface area (Å²) in [6.07, 6.45) is 2.43. The van der Waals surface area contributed by atoms with Gasteiger partial charge in [-0.1, -0.05) is 6.07 Å². The van der Waals surface area contributed by atoms with Crippen LogP contribution in [-0.2, 0) is 17.8 Å². The summed E-state index contributed by atoms with van der Waals surface area (Å²) in [5.41, 5.74) is 1.01. The van der Waals surface area contributed by atoms with Crippen LogP contribution in [0.4, 0.5) is 10.3 Å². The first-order chi connectivity index (χ1) is 12.7. The zero-order chi connectivity index (χ0) is 17.9. The van der Waals surface area contributed by atoms with Crippen molar-refractivity contribution in [3.05, 3.63) is 44.5 Å². The van der Waals surface area contributed by atoms with E-state index in [2.05, 4.69) is 25.5 Å². The lowest BCUT2D eigenvalue weighted by Crippen LogP contribution is -2.36. The van der Waals surface area contributed by atoms with Gasteiger partial charge in [0.25, 0.3) is 5.91 Å². The summed E-state index contributed by atoms with van der Waals surface area (Å²) in [6, 6.07) is 3.64. The largest absolute Gasteiger partial charge is 0.301 e. The highest BCUT2D eigenvalue weighted by Gasteiger charge is 2.23. The molecule has 2 N–H and O–H groups in total. The lowest BCUT2D eigenvalue weighted by molar-refractivity contribution is -0.117. The van der Waals surface area contributed by atoms with Crippen molar-refractivity contribution in [2.45, 2.75) is 13.0 Å². The fourth-order valence-corrected chi connectivity index (χ4v) is 4.86. The van der Waals surface area contributed by atoms with Crippen molar-refractivity contribution >= 4 is 56.1 Å². The SMILES string of the molecule is O=C(CN1CCc2nc(NC(=O)c3cccs3)sc2C1)Nc1nccs1. The van der Waals surface area contributed by atoms with Crippen LogP contribution in [0.15, 0.2) is 29.1 Å². The van der Waals surface area contributed by atoms with Crippen molar-refractivity contribution in [2.75, 3.05) is 23.7 Å². The van der Waals surface area contributed by atoms with Gasteiger partial charge in [-0.2, -0.15) is 0 Å². The topological polar surface area (TPSA) is 87.2 Å². The van der Waals surface area contributed by atoms with Gasteiger partial charge in [0.1, 0.15) is 0 Å². The van der Waals surface area contributed by atoms with Gasteiger partial charge in [0.2, 0.25) is 5.91 Å². The van der Waals surface area contributed by atoms with Crippen molar-refractivity contribution in [1.82, 2.24) is 14.9 Å². The zero-order valence-corrected chi connectivity index (χ0v) is 16.0. The van der Waals surface area contributed by atoms with Gasteiger partial charge in [-0.15, -0.1) is 34.0 Å². The van der Waals surface area contributed by atoms with Crippen LogP contribution < -0.4 is 10.6 Å². The Morgan fingerprint density at radius 2 is 2.12 bits per heavy atom. The number of fused-ring (bicyclic) bond motifs is 1. The highest BCUT2D eigenvalue weighted by atomic mass is 32.1. The molecule has 0 saturated heterocycles. The summed E-state index contributed by atoms with van der Waals surface area (Å²) < 4.78 is 0. The Hall–Kier alpha value is -2.14. The number of nitrogens with one attached hydrogen (secondary N) is 2. The van der Waals surface area contributed by atoms with E-state index in [9.17, 15) is 9.59 Å². The lowest BCUT2D eigenvalue weighted by Gasteiger charge is -2.24. The maximum atomic E-state index is 12.1. The Bertz CT molecular complexity index is 905. The van der Waals surface area contributed by atoms with Crippen LogP contribution in [0.25, 0.3) is 0 Å². The summed E-state index contributed by atoms with van der Waals surface area (Å²) in [7, 11) is 0. The molecule has 0 aromatic carbocycles. The van der Waals surface area contributed by atoms with Crippen molar-refractivity contribution in [3.8, 4) is 0 Å². The Labute approximate surface area is 161 Å². The smallest absolute Gasteiger partial charge is 0.267 e. The van der Waals surface area contributed by atoms with Crippen LogP contribution in [0.2, 0.25) is 0 Å². The molecule has 3 aromatic rings. The van der Waals surface area contributed by atoms with Gasteiger partial charge < -0.3 is 5.32 Å². The average Bonchev–Trinajstić information content (AvgIpc) is 3.35. The van der Waals surface area contributed by atoms with Gasteiger partial charge >= 0.3 is 0 Å². The first kappa shape index (κ1) is 17.3. The Kier molecular flexibility index (Phi) is 5.07. The highest BCUT2D eigenvalue weighted by Crippen LogP contribution is 2.28. The summed E-state index contributed by atoms with van der Waals surface area (Å²) in [4.78, 5) is 36.7. The molecule has 1 aliphatic heterocycles. The number of thiophene rings is 1. The molecule has 0 fully saturated rings. The van der Waals surface area contributed by atoms with Crippen LogP contribution in [0.3, 0.4) is 0 Å². The minimum atomic E-state index is -0.134. The van der Waals surface area contributed by atoms with Crippen LogP contribution in [0.1, 0.15) is 20.2 Å². The fourth-order valence-electron chi connectivity index (χ4n) is 2.65. The minimum absolute atomic E-state index is 0.0702. The molecule has 4 rings (SSSR count). The number of amides is 2. The van der Waals surface area contributed by atoms with Crippen molar-refractivity contribution < 1.29 is 9.59 Å². The molecule has 0 saturated carbocycles. The summed E-state index contributed by atoms with van der Waals surface area (Å²) in [6.45, 7) is 1.74. The minimum Gasteiger partial charge on any atom is -0.301 e. The molecule has 3 aromatic heterocycles. The summed E-state index contributed by atoms with van der Waals surface area (Å²) in [5.74, 6) is -0.204. The first-order valence-electron chi connectivity index (χ1n) is 7.92. The molecule has 0 aliphatic carbocycles. The van der Waals surface area contributed by atoms with Gasteiger partial charge in [0.05, 0.1) is 17.1 Å². The maximum absolute atomic E-state index is 12.1. The van der Waals surface area contributed by atoms with Gasteiger partial charge in [-0.25, -0.2) is 9.97 Å². The van der Waals surface area contributed by atoms with Crippen LogP contribution >= 0.6 is 34.0 Å². The second kappa shape index (κ2) is 7.62. The van der Waals surface area contributed by atoms with E-state index in [0.717, 1.165) is 23.5 Å². The molecule has 2 amide bonds. The second-order valence-corrected chi connectivity index (χ2v) is 8.59. The molecule has 0 atom stereocenters. The molecular formula is C16H15N5O2S3. The van der Waals surface area contributed by atoms with E-state index in [0.29, 0.717) is 28.2 Å². The number of nitrogens with zero attached hydrogens (tertiary/aromatic N) is 3. The van der Waals surface area contributed by atoms with Gasteiger partial charge in [-0.3, -0.25) is 19.8 Å². The van der Waals surface area contributed by atoms with Gasteiger partial charge in [0, 0.05) is 36.0 Å². The number of carbonyl (C=O) groups excluding carboxylic acids is 2. The molecule has 0 spiro atoms. The number of thiazole rings is 2. The quantitative estimate of drug-likeness (QED) is 0.682. The van der Waals surface area contributed by atoms with Gasteiger partial charge in [0.15, 0.2) is 10.3 Å². The normalized spacial score (nSPS) is 14.0. The molecular weight excluding hydrogens is 390 g/mol. The molecule has 7 nitrogen and oxygen atoms in total. The van der Waals surface area contributed by atoms with E-state index < -0.39 is 0 Å². The number of rotatable bonds is 5. The van der Waals surface area contributed by atoms with E-state index in [4.69, 9.17) is 0 Å². The fraction of sp³-hybridized carbons (Fsp3) is 0.250. The monoisotopic (exact) mass is 405 g/mol. The molecule has 4 heterocycles. The summed E-state index contributed by atoms with van der Waals surface area (Å²) in [5, 5.41) is 10.6. The van der Waals surface area contributed by atoms with Crippen molar-refractivity contribution in [1.29, 1.82) is 0 Å². The maximum Gasteiger partial charge on any atom is 0.267 e. The third-order valence-electron chi connectivity index (χ3n) is 3.82. The predicted molar refractivity (Wildman–Crippen MR) is 104 cm³/mol. The first-order valence-corrected chi connectivity index (χ1v) is 10.5. The number of hydrogen-bond acceptors (Lipinski definition) is 8. The second-order valence-electron chi connectivity index (χ2n) is 5.67. The Morgan fingerprint density at radius 1 is 1.19 bits per heavy atom. The molecule has 0 unspecified atom stereocenters. The highest BCUT2D eigenvalue weighted by molar-refractivity contribution is 7.16. The van der Waals surface area contributed by atoms with E-state index in [1.807, 2.05) is 16.8 Å². The van der Waals surface area contributed by atoms with E-state index in [1.54, 1.807) is 12.3 Å². The van der Waals surface area contributed by atoms with E-state index >= 15 is 0 Å². The van der Waals surface area contributed by atoms with Gasteiger partial charge in [-0.05, 0) is 11.4 Å². The van der Waals surface area contributed by atoms with Crippen molar-refractivity contribution in [2.24, 2.45) is 0 Å². The molecule has 1 aliphatic rings. The number of carbonyl (C=O) groups is 2. The zero-order valence-electron chi connectivity index (χ0n) is 13.6. The number of aromatic nitrogens is 2. The van der Waals surface area contributed by atoms with E-state index in [1.165, 1.54) is 34.0 Å².